The Morgan fingerprint density at radius 2 is 1.81 bits per heavy atom. The van der Waals surface area contributed by atoms with E-state index < -0.39 is 0 Å². The van der Waals surface area contributed by atoms with Crippen LogP contribution >= 0.6 is 11.3 Å². The largest absolute Gasteiger partial charge is 0.345 e. The van der Waals surface area contributed by atoms with E-state index >= 15 is 0 Å². The Labute approximate surface area is 155 Å². The first-order chi connectivity index (χ1) is 12.5. The number of fused-ring (bicyclic) bond motifs is 1. The van der Waals surface area contributed by atoms with Crippen LogP contribution in [0.1, 0.15) is 21.5 Å². The molecule has 0 radical (unpaired) electrons. The molecular weight excluding hydrogens is 349 g/mol. The van der Waals surface area contributed by atoms with Gasteiger partial charge in [-0.15, -0.1) is 0 Å². The lowest BCUT2D eigenvalue weighted by molar-refractivity contribution is 0.0746. The molecule has 1 aliphatic rings. The van der Waals surface area contributed by atoms with Crippen molar-refractivity contribution in [3.63, 3.8) is 0 Å². The highest BCUT2D eigenvalue weighted by Crippen LogP contribution is 2.30. The Morgan fingerprint density at radius 3 is 2.54 bits per heavy atom. The fourth-order valence-electron chi connectivity index (χ4n) is 3.18. The number of hydrogen-bond acceptors (Lipinski definition) is 4. The summed E-state index contributed by atoms with van der Waals surface area (Å²) in [7, 11) is 0. The van der Waals surface area contributed by atoms with Gasteiger partial charge in [0.2, 0.25) is 0 Å². The van der Waals surface area contributed by atoms with Crippen LogP contribution in [-0.2, 0) is 0 Å². The van der Waals surface area contributed by atoms with Gasteiger partial charge in [0.05, 0.1) is 10.2 Å². The van der Waals surface area contributed by atoms with Gasteiger partial charge in [0, 0.05) is 31.7 Å². The summed E-state index contributed by atoms with van der Waals surface area (Å²) in [5, 5.41) is 0.892. The van der Waals surface area contributed by atoms with E-state index in [1.54, 1.807) is 6.07 Å². The van der Waals surface area contributed by atoms with Crippen LogP contribution in [0.15, 0.2) is 36.4 Å². The van der Waals surface area contributed by atoms with Gasteiger partial charge in [-0.2, -0.15) is 0 Å². The number of piperazine rings is 1. The van der Waals surface area contributed by atoms with Gasteiger partial charge in [0.1, 0.15) is 5.82 Å². The van der Waals surface area contributed by atoms with Crippen LogP contribution in [0.4, 0.5) is 9.52 Å². The molecule has 4 nitrogen and oxygen atoms in total. The molecule has 1 fully saturated rings. The molecule has 0 bridgehead atoms. The maximum atomic E-state index is 13.4. The second-order valence-electron chi connectivity index (χ2n) is 6.69. The Morgan fingerprint density at radius 1 is 1.04 bits per heavy atom. The number of halogens is 1. The fraction of sp³-hybridized carbons (Fsp3) is 0.300. The van der Waals surface area contributed by atoms with Crippen molar-refractivity contribution in [1.82, 2.24) is 9.88 Å². The molecule has 0 aliphatic carbocycles. The second kappa shape index (κ2) is 6.68. The number of amides is 1. The molecule has 1 aromatic heterocycles. The highest BCUT2D eigenvalue weighted by Gasteiger charge is 2.24. The van der Waals surface area contributed by atoms with E-state index in [1.165, 1.54) is 29.0 Å². The Balaban J connectivity index is 1.46. The number of hydrogen-bond donors (Lipinski definition) is 0. The van der Waals surface area contributed by atoms with Crippen LogP contribution in [-0.4, -0.2) is 42.0 Å². The number of anilines is 1. The van der Waals surface area contributed by atoms with E-state index in [2.05, 4.69) is 9.88 Å². The normalized spacial score (nSPS) is 14.9. The molecular formula is C20H20FN3OS. The zero-order valence-electron chi connectivity index (χ0n) is 14.8. The smallest absolute Gasteiger partial charge is 0.253 e. The lowest BCUT2D eigenvalue weighted by Crippen LogP contribution is -2.48. The molecule has 1 saturated heterocycles. The van der Waals surface area contributed by atoms with Gasteiger partial charge < -0.3 is 9.80 Å². The van der Waals surface area contributed by atoms with Crippen LogP contribution < -0.4 is 4.90 Å². The van der Waals surface area contributed by atoms with E-state index in [9.17, 15) is 9.18 Å². The molecule has 134 valence electrons. The van der Waals surface area contributed by atoms with Crippen molar-refractivity contribution in [2.45, 2.75) is 13.8 Å². The van der Waals surface area contributed by atoms with Gasteiger partial charge in [-0.05, 0) is 55.3 Å². The third-order valence-electron chi connectivity index (χ3n) is 4.93. The molecule has 0 spiro atoms. The Hall–Kier alpha value is -2.47. The van der Waals surface area contributed by atoms with E-state index in [0.29, 0.717) is 13.1 Å². The van der Waals surface area contributed by atoms with E-state index in [-0.39, 0.29) is 11.7 Å². The second-order valence-corrected chi connectivity index (χ2v) is 7.70. The van der Waals surface area contributed by atoms with Crippen molar-refractivity contribution < 1.29 is 9.18 Å². The summed E-state index contributed by atoms with van der Waals surface area (Å²) in [5.74, 6) is -0.157. The van der Waals surface area contributed by atoms with Crippen molar-refractivity contribution in [3.8, 4) is 0 Å². The summed E-state index contributed by atoms with van der Waals surface area (Å²) < 4.78 is 14.2. The molecule has 6 heteroatoms. The molecule has 0 unspecified atom stereocenters. The summed E-state index contributed by atoms with van der Waals surface area (Å²) in [6, 6.07) is 10.5. The quantitative estimate of drug-likeness (QED) is 0.685. The standard InChI is InChI=1S/C20H20FN3OS/c1-13-3-4-15(11-14(13)2)19(25)23-7-9-24(10-8-23)20-22-17-6-5-16(21)12-18(17)26-20/h3-6,11-12H,7-10H2,1-2H3. The number of carbonyl (C=O) groups excluding carboxylic acids is 1. The van der Waals surface area contributed by atoms with Crippen molar-refractivity contribution in [1.29, 1.82) is 0 Å². The van der Waals surface area contributed by atoms with Crippen LogP contribution in [0.5, 0.6) is 0 Å². The predicted molar refractivity (Wildman–Crippen MR) is 104 cm³/mol. The van der Waals surface area contributed by atoms with Crippen LogP contribution in [0, 0.1) is 19.7 Å². The maximum Gasteiger partial charge on any atom is 0.253 e. The Bertz CT molecular complexity index is 976. The van der Waals surface area contributed by atoms with Gasteiger partial charge in [-0.3, -0.25) is 4.79 Å². The number of aromatic nitrogens is 1. The van der Waals surface area contributed by atoms with Gasteiger partial charge in [0.15, 0.2) is 5.13 Å². The number of carbonyl (C=O) groups is 1. The van der Waals surface area contributed by atoms with E-state index in [0.717, 1.165) is 39.6 Å². The zero-order chi connectivity index (χ0) is 18.3. The average Bonchev–Trinajstić information content (AvgIpc) is 3.06. The summed E-state index contributed by atoms with van der Waals surface area (Å²) >= 11 is 1.50. The lowest BCUT2D eigenvalue weighted by atomic mass is 10.1. The lowest BCUT2D eigenvalue weighted by Gasteiger charge is -2.34. The molecule has 1 aliphatic heterocycles. The monoisotopic (exact) mass is 369 g/mol. The van der Waals surface area contributed by atoms with Crippen molar-refractivity contribution in [2.24, 2.45) is 0 Å². The molecule has 0 atom stereocenters. The molecule has 0 saturated carbocycles. The SMILES string of the molecule is Cc1ccc(C(=O)N2CCN(c3nc4ccc(F)cc4s3)CC2)cc1C. The van der Waals surface area contributed by atoms with Crippen LogP contribution in [0.3, 0.4) is 0 Å². The first-order valence-corrected chi connectivity index (χ1v) is 9.50. The molecule has 3 aromatic rings. The highest BCUT2D eigenvalue weighted by atomic mass is 32.1. The fourth-order valence-corrected chi connectivity index (χ4v) is 4.22. The van der Waals surface area contributed by atoms with Crippen molar-refractivity contribution in [3.05, 3.63) is 58.9 Å². The zero-order valence-corrected chi connectivity index (χ0v) is 15.6. The van der Waals surface area contributed by atoms with Gasteiger partial charge in [-0.1, -0.05) is 17.4 Å². The van der Waals surface area contributed by atoms with Gasteiger partial charge in [-0.25, -0.2) is 9.37 Å². The summed E-state index contributed by atoms with van der Waals surface area (Å²) in [4.78, 5) is 21.4. The number of rotatable bonds is 2. The number of nitrogens with zero attached hydrogens (tertiary/aromatic N) is 3. The molecule has 1 amide bonds. The molecule has 26 heavy (non-hydrogen) atoms. The molecule has 4 rings (SSSR count). The molecule has 0 N–H and O–H groups in total. The van der Waals surface area contributed by atoms with E-state index in [4.69, 9.17) is 0 Å². The van der Waals surface area contributed by atoms with Crippen LogP contribution in [0.25, 0.3) is 10.2 Å². The molecule has 2 heterocycles. The minimum absolute atomic E-state index is 0.0825. The average molecular weight is 369 g/mol. The first-order valence-electron chi connectivity index (χ1n) is 8.69. The number of thiazole rings is 1. The van der Waals surface area contributed by atoms with Gasteiger partial charge in [0.25, 0.3) is 5.91 Å². The number of benzene rings is 2. The minimum Gasteiger partial charge on any atom is -0.345 e. The third kappa shape index (κ3) is 3.17. The predicted octanol–water partition coefficient (Wildman–Crippen LogP) is 4.01. The Kier molecular flexibility index (Phi) is 4.36. The topological polar surface area (TPSA) is 36.4 Å². The third-order valence-corrected chi connectivity index (χ3v) is 6.01. The van der Waals surface area contributed by atoms with Crippen LogP contribution in [0.2, 0.25) is 0 Å². The van der Waals surface area contributed by atoms with E-state index in [1.807, 2.05) is 36.9 Å². The summed E-state index contributed by atoms with van der Waals surface area (Å²) in [6.07, 6.45) is 0. The highest BCUT2D eigenvalue weighted by molar-refractivity contribution is 7.22. The summed E-state index contributed by atoms with van der Waals surface area (Å²) in [5.41, 5.74) is 3.90. The first kappa shape index (κ1) is 17.0. The number of aryl methyl sites for hydroxylation is 2. The molecule has 2 aromatic carbocycles. The van der Waals surface area contributed by atoms with Crippen molar-refractivity contribution >= 4 is 32.6 Å². The summed E-state index contributed by atoms with van der Waals surface area (Å²) in [6.45, 7) is 6.87. The van der Waals surface area contributed by atoms with Crippen molar-refractivity contribution in [2.75, 3.05) is 31.1 Å². The maximum absolute atomic E-state index is 13.4. The minimum atomic E-state index is -0.239. The van der Waals surface area contributed by atoms with Gasteiger partial charge >= 0.3 is 0 Å².